The highest BCUT2D eigenvalue weighted by Gasteiger charge is 2.45. The van der Waals surface area contributed by atoms with Crippen LogP contribution in [-0.4, -0.2) is 41.9 Å². The van der Waals surface area contributed by atoms with Crippen molar-refractivity contribution in [3.8, 4) is 0 Å². The highest BCUT2D eigenvalue weighted by molar-refractivity contribution is 6.15. The molecule has 8 nitrogen and oxygen atoms in total. The van der Waals surface area contributed by atoms with Gasteiger partial charge in [-0.25, -0.2) is 0 Å². The summed E-state index contributed by atoms with van der Waals surface area (Å²) in [5.41, 5.74) is 0.681. The number of nitrogens with zero attached hydrogens (tertiary/aromatic N) is 1. The number of hydrogen-bond donors (Lipinski definition) is 2. The third kappa shape index (κ3) is 4.91. The first-order valence-electron chi connectivity index (χ1n) is 9.95. The van der Waals surface area contributed by atoms with Gasteiger partial charge in [0.05, 0.1) is 17.8 Å². The van der Waals surface area contributed by atoms with E-state index in [-0.39, 0.29) is 24.8 Å². The Morgan fingerprint density at radius 3 is 2.42 bits per heavy atom. The van der Waals surface area contributed by atoms with E-state index >= 15 is 0 Å². The summed E-state index contributed by atoms with van der Waals surface area (Å²) < 4.78 is 5.23. The fourth-order valence-electron chi connectivity index (χ4n) is 3.33. The van der Waals surface area contributed by atoms with Gasteiger partial charge >= 0.3 is 5.97 Å². The highest BCUT2D eigenvalue weighted by atomic mass is 16.5. The lowest BCUT2D eigenvalue weighted by Crippen LogP contribution is -2.60. The Bertz CT molecular complexity index is 1000. The van der Waals surface area contributed by atoms with Crippen molar-refractivity contribution in [3.63, 3.8) is 0 Å². The topological polar surface area (TPSA) is 105 Å². The molecule has 1 atom stereocenters. The molecule has 2 aromatic carbocycles. The van der Waals surface area contributed by atoms with Crippen molar-refractivity contribution in [2.75, 3.05) is 16.8 Å². The van der Waals surface area contributed by atoms with Crippen LogP contribution in [0.4, 0.5) is 11.4 Å². The summed E-state index contributed by atoms with van der Waals surface area (Å²) in [5.74, 6) is -1.94. The highest BCUT2D eigenvalue weighted by Crippen LogP contribution is 2.37. The maximum atomic E-state index is 13.1. The first kappa shape index (κ1) is 22.0. The van der Waals surface area contributed by atoms with Gasteiger partial charge in [0.15, 0.2) is 6.10 Å². The molecule has 0 fully saturated rings. The van der Waals surface area contributed by atoms with E-state index in [2.05, 4.69) is 10.6 Å². The standard InChI is InChI=1S/C23H25N3O5/c1-15(31-20(28)14-24-19(27)13-16-9-5-4-6-10-16)21(29)26-18-12-8-7-11-17(18)25-22(30)23(26,2)3/h4-12,15H,13-14H2,1-3H3,(H,24,27)(H,25,30)/t15-/m0/s1. The van der Waals surface area contributed by atoms with Crippen LogP contribution < -0.4 is 15.5 Å². The van der Waals surface area contributed by atoms with Gasteiger partial charge in [0, 0.05) is 0 Å². The van der Waals surface area contributed by atoms with Gasteiger partial charge in [-0.15, -0.1) is 0 Å². The minimum Gasteiger partial charge on any atom is -0.451 e. The van der Waals surface area contributed by atoms with Crippen molar-refractivity contribution in [1.82, 2.24) is 5.32 Å². The molecule has 0 unspecified atom stereocenters. The number of ether oxygens (including phenoxy) is 1. The lowest BCUT2D eigenvalue weighted by molar-refractivity contribution is -0.154. The molecule has 8 heteroatoms. The molecule has 0 saturated carbocycles. The van der Waals surface area contributed by atoms with Crippen LogP contribution in [0.2, 0.25) is 0 Å². The number of amides is 3. The maximum Gasteiger partial charge on any atom is 0.326 e. The predicted molar refractivity (Wildman–Crippen MR) is 115 cm³/mol. The molecule has 0 spiro atoms. The second-order valence-electron chi connectivity index (χ2n) is 7.78. The maximum absolute atomic E-state index is 13.1. The Kier molecular flexibility index (Phi) is 6.39. The third-order valence-electron chi connectivity index (χ3n) is 5.02. The number of anilines is 2. The first-order chi connectivity index (χ1) is 14.7. The summed E-state index contributed by atoms with van der Waals surface area (Å²) in [6, 6.07) is 16.0. The van der Waals surface area contributed by atoms with Gasteiger partial charge in [-0.05, 0) is 38.5 Å². The molecule has 2 N–H and O–H groups in total. The molecular weight excluding hydrogens is 398 g/mol. The summed E-state index contributed by atoms with van der Waals surface area (Å²) in [6.07, 6.45) is -1.01. The molecular formula is C23H25N3O5. The van der Waals surface area contributed by atoms with Gasteiger partial charge in [-0.2, -0.15) is 0 Å². The average molecular weight is 423 g/mol. The minimum absolute atomic E-state index is 0.135. The lowest BCUT2D eigenvalue weighted by atomic mass is 9.95. The summed E-state index contributed by atoms with van der Waals surface area (Å²) in [5, 5.41) is 5.27. The van der Waals surface area contributed by atoms with Crippen LogP contribution in [0, 0.1) is 0 Å². The molecule has 162 valence electrons. The smallest absolute Gasteiger partial charge is 0.326 e. The lowest BCUT2D eigenvalue weighted by Gasteiger charge is -2.42. The Balaban J connectivity index is 1.61. The van der Waals surface area contributed by atoms with E-state index < -0.39 is 23.5 Å². The number of hydrogen-bond acceptors (Lipinski definition) is 5. The summed E-state index contributed by atoms with van der Waals surface area (Å²) in [7, 11) is 0. The number of benzene rings is 2. The van der Waals surface area contributed by atoms with E-state index in [1.54, 1.807) is 38.1 Å². The van der Waals surface area contributed by atoms with Gasteiger partial charge in [-0.1, -0.05) is 42.5 Å². The predicted octanol–water partition coefficient (Wildman–Crippen LogP) is 2.04. The van der Waals surface area contributed by atoms with Crippen molar-refractivity contribution in [2.45, 2.75) is 38.8 Å². The Hall–Kier alpha value is -3.68. The van der Waals surface area contributed by atoms with Crippen molar-refractivity contribution in [2.24, 2.45) is 0 Å². The van der Waals surface area contributed by atoms with Crippen LogP contribution in [-0.2, 0) is 30.3 Å². The molecule has 3 amide bonds. The Morgan fingerprint density at radius 1 is 1.06 bits per heavy atom. The molecule has 1 heterocycles. The third-order valence-corrected chi connectivity index (χ3v) is 5.02. The van der Waals surface area contributed by atoms with Crippen LogP contribution in [0.1, 0.15) is 26.3 Å². The van der Waals surface area contributed by atoms with Gasteiger partial charge in [0.2, 0.25) is 11.8 Å². The van der Waals surface area contributed by atoms with E-state index in [0.29, 0.717) is 11.4 Å². The van der Waals surface area contributed by atoms with Crippen LogP contribution in [0.15, 0.2) is 54.6 Å². The number of fused-ring (bicyclic) bond motifs is 1. The van der Waals surface area contributed by atoms with Gasteiger partial charge in [-0.3, -0.25) is 24.1 Å². The minimum atomic E-state index is -1.17. The zero-order valence-electron chi connectivity index (χ0n) is 17.7. The second kappa shape index (κ2) is 8.99. The van der Waals surface area contributed by atoms with E-state index in [9.17, 15) is 19.2 Å². The molecule has 0 aliphatic carbocycles. The van der Waals surface area contributed by atoms with E-state index in [0.717, 1.165) is 5.56 Å². The van der Waals surface area contributed by atoms with Crippen LogP contribution in [0.3, 0.4) is 0 Å². The number of esters is 1. The van der Waals surface area contributed by atoms with Gasteiger partial charge < -0.3 is 15.4 Å². The van der Waals surface area contributed by atoms with E-state index in [4.69, 9.17) is 4.74 Å². The molecule has 0 aromatic heterocycles. The Morgan fingerprint density at radius 2 is 1.71 bits per heavy atom. The number of rotatable bonds is 6. The van der Waals surface area contributed by atoms with E-state index in [1.165, 1.54) is 11.8 Å². The average Bonchev–Trinajstić information content (AvgIpc) is 2.73. The van der Waals surface area contributed by atoms with Crippen LogP contribution >= 0.6 is 0 Å². The van der Waals surface area contributed by atoms with Gasteiger partial charge in [0.1, 0.15) is 12.1 Å². The molecule has 0 radical (unpaired) electrons. The van der Waals surface area contributed by atoms with Crippen LogP contribution in [0.25, 0.3) is 0 Å². The number of carbonyl (C=O) groups excluding carboxylic acids is 4. The zero-order chi connectivity index (χ0) is 22.6. The fourth-order valence-corrected chi connectivity index (χ4v) is 3.33. The fraction of sp³-hybridized carbons (Fsp3) is 0.304. The first-order valence-corrected chi connectivity index (χ1v) is 9.95. The second-order valence-corrected chi connectivity index (χ2v) is 7.78. The molecule has 2 aromatic rings. The molecule has 31 heavy (non-hydrogen) atoms. The summed E-state index contributed by atoms with van der Waals surface area (Å²) in [4.78, 5) is 51.1. The Labute approximate surface area is 180 Å². The van der Waals surface area contributed by atoms with Crippen molar-refractivity contribution in [1.29, 1.82) is 0 Å². The molecule has 0 saturated heterocycles. The number of nitrogens with one attached hydrogen (secondary N) is 2. The summed E-state index contributed by atoms with van der Waals surface area (Å²) >= 11 is 0. The normalized spacial score (nSPS) is 15.3. The monoisotopic (exact) mass is 423 g/mol. The van der Waals surface area contributed by atoms with E-state index in [1.807, 2.05) is 30.3 Å². The quantitative estimate of drug-likeness (QED) is 0.692. The SMILES string of the molecule is C[C@H](OC(=O)CNC(=O)Cc1ccccc1)C(=O)N1c2ccccc2NC(=O)C1(C)C. The van der Waals surface area contributed by atoms with Gasteiger partial charge in [0.25, 0.3) is 5.91 Å². The van der Waals surface area contributed by atoms with Crippen molar-refractivity contribution < 1.29 is 23.9 Å². The van der Waals surface area contributed by atoms with Crippen LogP contribution in [0.5, 0.6) is 0 Å². The van der Waals surface area contributed by atoms with Crippen molar-refractivity contribution >= 4 is 35.1 Å². The molecule has 1 aliphatic heterocycles. The van der Waals surface area contributed by atoms with Crippen molar-refractivity contribution in [3.05, 3.63) is 60.2 Å². The number of para-hydroxylation sites is 2. The molecule has 0 bridgehead atoms. The largest absolute Gasteiger partial charge is 0.451 e. The molecule has 3 rings (SSSR count). The molecule has 1 aliphatic rings. The zero-order valence-corrected chi connectivity index (χ0v) is 17.7. The summed E-state index contributed by atoms with van der Waals surface area (Å²) in [6.45, 7) is 4.32. The number of carbonyl (C=O) groups is 4.